The van der Waals surface area contributed by atoms with E-state index in [1.165, 1.54) is 12.5 Å². The van der Waals surface area contributed by atoms with Gasteiger partial charge in [-0.05, 0) is 18.6 Å². The summed E-state index contributed by atoms with van der Waals surface area (Å²) >= 11 is 0. The average molecular weight is 213 g/mol. The van der Waals surface area contributed by atoms with Gasteiger partial charge < -0.3 is 9.15 Å². The van der Waals surface area contributed by atoms with E-state index in [1.54, 1.807) is 13.0 Å². The van der Waals surface area contributed by atoms with E-state index in [-0.39, 0.29) is 13.0 Å². The lowest BCUT2D eigenvalue weighted by atomic mass is 10.1. The second-order valence-corrected chi connectivity index (χ2v) is 2.89. The first-order chi connectivity index (χ1) is 7.15. The Balaban J connectivity index is 2.66. The number of rotatable bonds is 5. The van der Waals surface area contributed by atoms with Crippen LogP contribution in [0.3, 0.4) is 0 Å². The number of hydrogen-bond donors (Lipinski definition) is 0. The van der Waals surface area contributed by atoms with Gasteiger partial charge in [-0.15, -0.1) is 0 Å². The first-order valence-electron chi connectivity index (χ1n) is 4.46. The highest BCUT2D eigenvalue weighted by Crippen LogP contribution is 2.07. The molecule has 0 aromatic carbocycles. The topological polar surface area (TPSA) is 82.6 Å². The van der Waals surface area contributed by atoms with E-state index in [1.807, 2.05) is 0 Å². The molecule has 1 rings (SSSR count). The van der Waals surface area contributed by atoms with Gasteiger partial charge >= 0.3 is 12.0 Å². The highest BCUT2D eigenvalue weighted by Gasteiger charge is 2.31. The number of furan rings is 1. The summed E-state index contributed by atoms with van der Waals surface area (Å²) in [7, 11) is 0. The van der Waals surface area contributed by atoms with Gasteiger partial charge in [0.25, 0.3) is 0 Å². The Kier molecular flexibility index (Phi) is 3.84. The molecule has 1 unspecified atom stereocenters. The predicted molar refractivity (Wildman–Crippen MR) is 49.8 cm³/mol. The molecule has 0 fully saturated rings. The van der Waals surface area contributed by atoms with Crippen LogP contribution in [-0.4, -0.2) is 23.5 Å². The van der Waals surface area contributed by atoms with E-state index in [2.05, 4.69) is 4.74 Å². The standard InChI is InChI=1S/C9H11NO5/c1-2-15-9(11)8(10(12)13)5-7-3-4-14-6-7/h3-4,6,8H,2,5H2,1H3. The Morgan fingerprint density at radius 1 is 1.73 bits per heavy atom. The molecule has 1 heterocycles. The molecule has 0 spiro atoms. The van der Waals surface area contributed by atoms with Crippen LogP contribution in [0.2, 0.25) is 0 Å². The minimum Gasteiger partial charge on any atom is -0.472 e. The third-order valence-electron chi connectivity index (χ3n) is 1.82. The van der Waals surface area contributed by atoms with Crippen molar-refractivity contribution in [3.05, 3.63) is 34.3 Å². The largest absolute Gasteiger partial charge is 0.472 e. The smallest absolute Gasteiger partial charge is 0.382 e. The molecule has 6 heteroatoms. The van der Waals surface area contributed by atoms with E-state index in [0.717, 1.165) is 0 Å². The zero-order valence-electron chi connectivity index (χ0n) is 8.21. The van der Waals surface area contributed by atoms with Gasteiger partial charge in [0.05, 0.1) is 25.6 Å². The monoisotopic (exact) mass is 213 g/mol. The van der Waals surface area contributed by atoms with Gasteiger partial charge in [0.15, 0.2) is 0 Å². The zero-order chi connectivity index (χ0) is 11.3. The fraction of sp³-hybridized carbons (Fsp3) is 0.444. The molecular formula is C9H11NO5. The first-order valence-corrected chi connectivity index (χ1v) is 4.46. The number of hydrogen-bond acceptors (Lipinski definition) is 5. The van der Waals surface area contributed by atoms with Gasteiger partial charge in [0.1, 0.15) is 0 Å². The molecule has 0 aliphatic rings. The Bertz CT molecular complexity index is 332. The fourth-order valence-electron chi connectivity index (χ4n) is 1.11. The molecule has 0 aliphatic heterocycles. The van der Waals surface area contributed by atoms with Crippen molar-refractivity contribution in [3.8, 4) is 0 Å². The molecule has 0 N–H and O–H groups in total. The normalized spacial score (nSPS) is 12.1. The second-order valence-electron chi connectivity index (χ2n) is 2.89. The Hall–Kier alpha value is -1.85. The molecule has 1 aromatic rings. The lowest BCUT2D eigenvalue weighted by molar-refractivity contribution is -0.510. The maximum Gasteiger partial charge on any atom is 0.382 e. The lowest BCUT2D eigenvalue weighted by Gasteiger charge is -2.06. The summed E-state index contributed by atoms with van der Waals surface area (Å²) in [4.78, 5) is 21.2. The van der Waals surface area contributed by atoms with Crippen molar-refractivity contribution in [3.63, 3.8) is 0 Å². The number of carbonyl (C=O) groups excluding carboxylic acids is 1. The number of nitrogens with zero attached hydrogens (tertiary/aromatic N) is 1. The van der Waals surface area contributed by atoms with E-state index in [4.69, 9.17) is 4.42 Å². The van der Waals surface area contributed by atoms with Gasteiger partial charge in [-0.3, -0.25) is 10.1 Å². The van der Waals surface area contributed by atoms with E-state index in [9.17, 15) is 14.9 Å². The van der Waals surface area contributed by atoms with Gasteiger partial charge in [0, 0.05) is 4.92 Å². The van der Waals surface area contributed by atoms with Crippen LogP contribution in [0.5, 0.6) is 0 Å². The van der Waals surface area contributed by atoms with Crippen LogP contribution in [0, 0.1) is 10.1 Å². The minimum absolute atomic E-state index is 0.0116. The van der Waals surface area contributed by atoms with E-state index < -0.39 is 16.9 Å². The van der Waals surface area contributed by atoms with Gasteiger partial charge in [-0.2, -0.15) is 0 Å². The van der Waals surface area contributed by atoms with Crippen LogP contribution in [-0.2, 0) is 16.0 Å². The summed E-state index contributed by atoms with van der Waals surface area (Å²) in [5.41, 5.74) is 0.602. The number of ether oxygens (including phenoxy) is 1. The van der Waals surface area contributed by atoms with Crippen molar-refractivity contribution in [2.45, 2.75) is 19.4 Å². The summed E-state index contributed by atoms with van der Waals surface area (Å²) in [5.74, 6) is -0.816. The third kappa shape index (κ3) is 3.08. The van der Waals surface area contributed by atoms with Crippen molar-refractivity contribution in [2.75, 3.05) is 6.61 Å². The summed E-state index contributed by atoms with van der Waals surface area (Å²) < 4.78 is 9.36. The van der Waals surface area contributed by atoms with Crippen LogP contribution < -0.4 is 0 Å². The van der Waals surface area contributed by atoms with Crippen molar-refractivity contribution in [1.29, 1.82) is 0 Å². The van der Waals surface area contributed by atoms with Crippen LogP contribution in [0.25, 0.3) is 0 Å². The quantitative estimate of drug-likeness (QED) is 0.414. The molecule has 0 bridgehead atoms. The molecule has 6 nitrogen and oxygen atoms in total. The van der Waals surface area contributed by atoms with Crippen molar-refractivity contribution >= 4 is 5.97 Å². The molecular weight excluding hydrogens is 202 g/mol. The van der Waals surface area contributed by atoms with Gasteiger partial charge in [0.2, 0.25) is 0 Å². The highest BCUT2D eigenvalue weighted by atomic mass is 16.6. The maximum absolute atomic E-state index is 11.2. The van der Waals surface area contributed by atoms with Crippen molar-refractivity contribution < 1.29 is 18.9 Å². The molecule has 0 amide bonds. The van der Waals surface area contributed by atoms with Crippen molar-refractivity contribution in [2.24, 2.45) is 0 Å². The summed E-state index contributed by atoms with van der Waals surface area (Å²) in [6.45, 7) is 1.74. The molecule has 1 atom stereocenters. The van der Waals surface area contributed by atoms with Crippen LogP contribution >= 0.6 is 0 Å². The summed E-state index contributed by atoms with van der Waals surface area (Å²) in [5, 5.41) is 10.6. The number of nitro groups is 1. The van der Waals surface area contributed by atoms with Crippen molar-refractivity contribution in [1.82, 2.24) is 0 Å². The molecule has 1 aromatic heterocycles. The van der Waals surface area contributed by atoms with Gasteiger partial charge in [-0.1, -0.05) is 0 Å². The Labute approximate surface area is 86.0 Å². The molecule has 0 aliphatic carbocycles. The average Bonchev–Trinajstić information content (AvgIpc) is 2.66. The zero-order valence-corrected chi connectivity index (χ0v) is 8.21. The minimum atomic E-state index is -1.36. The SMILES string of the molecule is CCOC(=O)C(Cc1ccoc1)[N+](=O)[O-]. The summed E-state index contributed by atoms with van der Waals surface area (Å²) in [6.07, 6.45) is 2.76. The molecule has 0 radical (unpaired) electrons. The Morgan fingerprint density at radius 3 is 2.93 bits per heavy atom. The van der Waals surface area contributed by atoms with E-state index in [0.29, 0.717) is 5.56 Å². The third-order valence-corrected chi connectivity index (χ3v) is 1.82. The van der Waals surface area contributed by atoms with Crippen LogP contribution in [0.4, 0.5) is 0 Å². The number of esters is 1. The van der Waals surface area contributed by atoms with Crippen LogP contribution in [0.15, 0.2) is 23.0 Å². The van der Waals surface area contributed by atoms with Gasteiger partial charge in [-0.25, -0.2) is 4.79 Å². The molecule has 82 valence electrons. The highest BCUT2D eigenvalue weighted by molar-refractivity contribution is 5.74. The maximum atomic E-state index is 11.2. The lowest BCUT2D eigenvalue weighted by Crippen LogP contribution is -2.33. The first kappa shape index (κ1) is 11.2. The number of carbonyl (C=O) groups is 1. The fourth-order valence-corrected chi connectivity index (χ4v) is 1.11. The Morgan fingerprint density at radius 2 is 2.47 bits per heavy atom. The molecule has 15 heavy (non-hydrogen) atoms. The van der Waals surface area contributed by atoms with E-state index >= 15 is 0 Å². The predicted octanol–water partition coefficient (Wildman–Crippen LogP) is 1.03. The van der Waals surface area contributed by atoms with Crippen LogP contribution in [0.1, 0.15) is 12.5 Å². The summed E-state index contributed by atoms with van der Waals surface area (Å²) in [6, 6.07) is 0.220. The second kappa shape index (κ2) is 5.14. The molecule has 0 saturated carbocycles. The molecule has 0 saturated heterocycles.